The molecule has 9 N–H and O–H groups in total. The number of hydrogen-bond donors (Lipinski definition) is 7. The Balaban J connectivity index is 1.68. The van der Waals surface area contributed by atoms with E-state index >= 15 is 0 Å². The summed E-state index contributed by atoms with van der Waals surface area (Å²) in [6.45, 7) is 1.94. The highest BCUT2D eigenvalue weighted by atomic mass is 16.3. The number of ketones is 2. The number of carbonyl (C=O) groups excluding carboxylic acids is 3. The summed E-state index contributed by atoms with van der Waals surface area (Å²) in [5.41, 5.74) is 10.5. The monoisotopic (exact) mass is 604 g/mol. The van der Waals surface area contributed by atoms with Gasteiger partial charge in [0.15, 0.2) is 23.1 Å². The molecule has 0 unspecified atom stereocenters. The maximum atomic E-state index is 14.1. The molecule has 0 saturated heterocycles. The lowest BCUT2D eigenvalue weighted by Crippen LogP contribution is -2.65. The first-order chi connectivity index (χ1) is 20.6. The average Bonchev–Trinajstić information content (AvgIpc) is 2.93. The van der Waals surface area contributed by atoms with Gasteiger partial charge in [-0.25, -0.2) is 4.99 Å². The van der Waals surface area contributed by atoms with Crippen molar-refractivity contribution in [1.82, 2.24) is 4.90 Å². The summed E-state index contributed by atoms with van der Waals surface area (Å²) < 4.78 is 0. The van der Waals surface area contributed by atoms with Gasteiger partial charge in [0.25, 0.3) is 5.91 Å². The quantitative estimate of drug-likeness (QED) is 0.147. The average molecular weight is 605 g/mol. The number of benzene rings is 2. The standard InChI is InChI=1S/C31H36N6O7/c1-13-6-8-15(9-7-13)34-30(33)35-18-12-19(36(2)3)16-10-14-11-17-23(37(4)5)26(40)22(29(32)43)28(42)31(17,44)27(41)20(14)25(39)21(16)24(18)38/h6-9,12,14,17,23,38-39,42,44H,10-11H2,1-5H3,(H2,32,43)(H3,33,34,35)/t14-,17-,23-,31-/m0/s1. The lowest BCUT2D eigenvalue weighted by atomic mass is 9.57. The summed E-state index contributed by atoms with van der Waals surface area (Å²) in [4.78, 5) is 47.2. The molecule has 0 aromatic heterocycles. The molecule has 0 aliphatic heterocycles. The minimum absolute atomic E-state index is 0.00435. The Morgan fingerprint density at radius 1 is 1.07 bits per heavy atom. The Labute approximate surface area is 253 Å². The van der Waals surface area contributed by atoms with Crippen LogP contribution in [0.4, 0.5) is 17.1 Å². The number of aliphatic hydroxyl groups excluding tert-OH is 2. The molecular formula is C31H36N6O7. The third-order valence-electron chi connectivity index (χ3n) is 8.72. The van der Waals surface area contributed by atoms with Crippen molar-refractivity contribution < 1.29 is 34.8 Å². The third-order valence-corrected chi connectivity index (χ3v) is 8.72. The number of primary amides is 1. The van der Waals surface area contributed by atoms with Crippen molar-refractivity contribution in [3.63, 3.8) is 0 Å². The van der Waals surface area contributed by atoms with Crippen molar-refractivity contribution in [2.24, 2.45) is 28.3 Å². The zero-order valence-electron chi connectivity index (χ0n) is 25.0. The number of rotatable bonds is 5. The van der Waals surface area contributed by atoms with E-state index in [1.807, 2.05) is 31.2 Å². The van der Waals surface area contributed by atoms with Gasteiger partial charge >= 0.3 is 0 Å². The number of carbonyl (C=O) groups is 3. The lowest BCUT2D eigenvalue weighted by molar-refractivity contribution is -0.153. The number of amides is 1. The van der Waals surface area contributed by atoms with Gasteiger partial charge in [-0.1, -0.05) is 17.7 Å². The van der Waals surface area contributed by atoms with Crippen molar-refractivity contribution in [2.45, 2.75) is 31.4 Å². The van der Waals surface area contributed by atoms with Crippen LogP contribution in [0.15, 0.2) is 52.2 Å². The zero-order chi connectivity index (χ0) is 32.4. The van der Waals surface area contributed by atoms with Crippen LogP contribution in [0, 0.1) is 18.8 Å². The maximum Gasteiger partial charge on any atom is 0.255 e. The van der Waals surface area contributed by atoms with Crippen LogP contribution < -0.4 is 21.7 Å². The van der Waals surface area contributed by atoms with Crippen molar-refractivity contribution in [3.05, 3.63) is 63.9 Å². The highest BCUT2D eigenvalue weighted by Gasteiger charge is 2.64. The minimum Gasteiger partial charge on any atom is -0.508 e. The van der Waals surface area contributed by atoms with Crippen LogP contribution in [0.25, 0.3) is 5.76 Å². The van der Waals surface area contributed by atoms with E-state index in [1.165, 1.54) is 4.90 Å². The van der Waals surface area contributed by atoms with E-state index in [-0.39, 0.29) is 35.6 Å². The van der Waals surface area contributed by atoms with Gasteiger partial charge < -0.3 is 42.1 Å². The van der Waals surface area contributed by atoms with E-state index in [0.29, 0.717) is 16.9 Å². The number of nitrogens with zero attached hydrogens (tertiary/aromatic N) is 3. The Morgan fingerprint density at radius 2 is 1.70 bits per heavy atom. The van der Waals surface area contributed by atoms with Crippen LogP contribution in [0.3, 0.4) is 0 Å². The molecule has 5 rings (SSSR count). The van der Waals surface area contributed by atoms with Crippen molar-refractivity contribution >= 4 is 46.3 Å². The van der Waals surface area contributed by atoms with Crippen LogP contribution in [0.2, 0.25) is 0 Å². The van der Waals surface area contributed by atoms with Crippen LogP contribution in [-0.2, 0) is 20.8 Å². The van der Waals surface area contributed by atoms with E-state index in [1.54, 1.807) is 39.2 Å². The summed E-state index contributed by atoms with van der Waals surface area (Å²) in [6, 6.07) is 7.85. The predicted octanol–water partition coefficient (Wildman–Crippen LogP) is 1.40. The number of aryl methyl sites for hydroxylation is 1. The number of hydrogen-bond acceptors (Lipinski definition) is 10. The largest absolute Gasteiger partial charge is 0.508 e. The molecule has 0 heterocycles. The summed E-state index contributed by atoms with van der Waals surface area (Å²) in [5.74, 6) is -7.28. The van der Waals surface area contributed by atoms with Gasteiger partial charge in [-0.3, -0.25) is 19.3 Å². The van der Waals surface area contributed by atoms with Crippen molar-refractivity contribution in [3.8, 4) is 5.75 Å². The summed E-state index contributed by atoms with van der Waals surface area (Å²) >= 11 is 0. The molecule has 13 heteroatoms. The smallest absolute Gasteiger partial charge is 0.255 e. The second-order valence-corrected chi connectivity index (χ2v) is 12.0. The zero-order valence-corrected chi connectivity index (χ0v) is 25.0. The molecule has 1 fully saturated rings. The van der Waals surface area contributed by atoms with Crippen LogP contribution in [-0.4, -0.2) is 88.6 Å². The molecule has 44 heavy (non-hydrogen) atoms. The maximum absolute atomic E-state index is 14.1. The number of aromatic hydroxyl groups is 1. The van der Waals surface area contributed by atoms with Gasteiger partial charge in [0.05, 0.1) is 11.6 Å². The molecule has 3 aliphatic rings. The minimum atomic E-state index is -2.72. The molecule has 1 amide bonds. The van der Waals surface area contributed by atoms with Crippen LogP contribution in [0.5, 0.6) is 5.75 Å². The fourth-order valence-corrected chi connectivity index (χ4v) is 6.70. The number of nitrogens with one attached hydrogen (secondary N) is 1. The Bertz CT molecular complexity index is 1690. The number of fused-ring (bicyclic) bond motifs is 3. The Morgan fingerprint density at radius 3 is 2.27 bits per heavy atom. The van der Waals surface area contributed by atoms with Gasteiger partial charge in [0.2, 0.25) is 5.78 Å². The molecule has 2 aromatic carbocycles. The second-order valence-electron chi connectivity index (χ2n) is 12.0. The number of anilines is 2. The first-order valence-electron chi connectivity index (χ1n) is 14.0. The molecule has 232 valence electrons. The molecule has 2 aromatic rings. The van der Waals surface area contributed by atoms with E-state index in [0.717, 1.165) is 5.56 Å². The fourth-order valence-electron chi connectivity index (χ4n) is 6.70. The first kappa shape index (κ1) is 30.6. The van der Waals surface area contributed by atoms with E-state index < -0.39 is 63.8 Å². The van der Waals surface area contributed by atoms with E-state index in [9.17, 15) is 34.8 Å². The summed E-state index contributed by atoms with van der Waals surface area (Å²) in [5, 5.41) is 48.8. The van der Waals surface area contributed by atoms with Gasteiger partial charge in [0, 0.05) is 37.0 Å². The SMILES string of the molecule is Cc1ccc(NC(N)=Nc2cc(N(C)C)c3c(c2O)C(O)=C2C(=O)[C@]4(O)C(O)=C(C(N)=O)C(=O)[C@@H](N(C)C)[C@@H]4C[C@@H]2C3)cc1. The Hall–Kier alpha value is -4.88. The predicted molar refractivity (Wildman–Crippen MR) is 165 cm³/mol. The number of phenols is 1. The van der Waals surface area contributed by atoms with Gasteiger partial charge in [-0.2, -0.15) is 0 Å². The summed E-state index contributed by atoms with van der Waals surface area (Å²) in [7, 11) is 6.64. The van der Waals surface area contributed by atoms with E-state index in [2.05, 4.69) is 10.3 Å². The summed E-state index contributed by atoms with van der Waals surface area (Å²) in [6.07, 6.45) is 0.142. The number of aliphatic imine (C=N–C) groups is 1. The molecule has 0 bridgehead atoms. The molecule has 3 aliphatic carbocycles. The van der Waals surface area contributed by atoms with Gasteiger partial charge in [-0.15, -0.1) is 0 Å². The molecule has 13 nitrogen and oxygen atoms in total. The molecule has 1 saturated carbocycles. The number of Topliss-reactive ketones (excluding diaryl/α,β-unsaturated/α-hetero) is 2. The first-order valence-corrected chi connectivity index (χ1v) is 14.0. The number of phenolic OH excluding ortho intramolecular Hbond substituents is 1. The highest BCUT2D eigenvalue weighted by molar-refractivity contribution is 6.24. The van der Waals surface area contributed by atoms with Crippen molar-refractivity contribution in [2.75, 3.05) is 38.4 Å². The van der Waals surface area contributed by atoms with Crippen molar-refractivity contribution in [1.29, 1.82) is 0 Å². The number of nitrogens with two attached hydrogens (primary N) is 2. The number of guanidine groups is 1. The third kappa shape index (κ3) is 4.55. The molecule has 0 radical (unpaired) electrons. The topological polar surface area (TPSA) is 215 Å². The lowest BCUT2D eigenvalue weighted by Gasteiger charge is -2.50. The molecule has 0 spiro atoms. The Kier molecular flexibility index (Phi) is 7.42. The number of aliphatic hydroxyl groups is 3. The second kappa shape index (κ2) is 10.7. The van der Waals surface area contributed by atoms with Gasteiger partial charge in [-0.05, 0) is 63.5 Å². The van der Waals surface area contributed by atoms with Gasteiger partial charge in [0.1, 0.15) is 22.8 Å². The molecule has 4 atom stereocenters. The fraction of sp³-hybridized carbons (Fsp3) is 0.355. The molecular weight excluding hydrogens is 568 g/mol. The number of likely N-dealkylation sites (N-methyl/N-ethyl adjacent to an activating group) is 1. The highest BCUT2D eigenvalue weighted by Crippen LogP contribution is 2.54. The van der Waals surface area contributed by atoms with E-state index in [4.69, 9.17) is 11.5 Å². The van der Waals surface area contributed by atoms with Crippen LogP contribution in [0.1, 0.15) is 23.1 Å². The normalized spacial score (nSPS) is 25.1. The van der Waals surface area contributed by atoms with Crippen LogP contribution >= 0.6 is 0 Å².